The highest BCUT2D eigenvalue weighted by Gasteiger charge is 2.11. The summed E-state index contributed by atoms with van der Waals surface area (Å²) in [5.41, 5.74) is 1.95. The Kier molecular flexibility index (Phi) is 3.10. The number of aromatic nitrogens is 2. The fourth-order valence-corrected chi connectivity index (χ4v) is 2.29. The first-order valence-corrected chi connectivity index (χ1v) is 6.32. The van der Waals surface area contributed by atoms with Crippen molar-refractivity contribution in [3.05, 3.63) is 58.7 Å². The van der Waals surface area contributed by atoms with E-state index >= 15 is 0 Å². The fraction of sp³-hybridized carbons (Fsp3) is 0.0667. The minimum atomic E-state index is -0.395. The van der Waals surface area contributed by atoms with Gasteiger partial charge in [-0.2, -0.15) is 0 Å². The second-order valence-electron chi connectivity index (χ2n) is 4.46. The molecule has 0 atom stereocenters. The second-order valence-corrected chi connectivity index (χ2v) is 4.82. The summed E-state index contributed by atoms with van der Waals surface area (Å²) in [5.74, 6) is -0.319. The van der Waals surface area contributed by atoms with Gasteiger partial charge in [0.15, 0.2) is 5.82 Å². The van der Waals surface area contributed by atoms with E-state index in [1.807, 2.05) is 0 Å². The van der Waals surface area contributed by atoms with Crippen LogP contribution in [0.5, 0.6) is 0 Å². The molecule has 0 aliphatic rings. The van der Waals surface area contributed by atoms with Crippen LogP contribution in [0.1, 0.15) is 5.56 Å². The van der Waals surface area contributed by atoms with Gasteiger partial charge in [-0.05, 0) is 48.9 Å². The van der Waals surface area contributed by atoms with E-state index in [1.54, 1.807) is 19.1 Å². The van der Waals surface area contributed by atoms with Gasteiger partial charge in [-0.15, -0.1) is 0 Å². The molecule has 2 nitrogen and oxygen atoms in total. The first-order chi connectivity index (χ1) is 9.54. The van der Waals surface area contributed by atoms with E-state index in [-0.39, 0.29) is 11.0 Å². The molecule has 2 aromatic carbocycles. The first kappa shape index (κ1) is 12.9. The van der Waals surface area contributed by atoms with Crippen LogP contribution in [-0.4, -0.2) is 9.97 Å². The summed E-state index contributed by atoms with van der Waals surface area (Å²) in [6.07, 6.45) is 0. The summed E-state index contributed by atoms with van der Waals surface area (Å²) < 4.78 is 26.3. The molecule has 1 heterocycles. The van der Waals surface area contributed by atoms with E-state index < -0.39 is 5.82 Å². The zero-order valence-electron chi connectivity index (χ0n) is 10.5. The van der Waals surface area contributed by atoms with Crippen LogP contribution in [0.25, 0.3) is 22.3 Å². The van der Waals surface area contributed by atoms with Crippen molar-refractivity contribution in [2.75, 3.05) is 0 Å². The van der Waals surface area contributed by atoms with Gasteiger partial charge in [0.2, 0.25) is 0 Å². The first-order valence-electron chi connectivity index (χ1n) is 5.94. The standard InChI is InChI=1S/C15H9ClF2N2/c1-8-6-9(17)2-4-11(8)15-19-13-5-3-10(18)7-12(13)14(16)20-15/h2-7H,1H3. The van der Waals surface area contributed by atoms with Crippen molar-refractivity contribution in [3.63, 3.8) is 0 Å². The minimum absolute atomic E-state index is 0.174. The van der Waals surface area contributed by atoms with Crippen molar-refractivity contribution >= 4 is 22.5 Å². The van der Waals surface area contributed by atoms with Crippen molar-refractivity contribution in [1.29, 1.82) is 0 Å². The van der Waals surface area contributed by atoms with Crippen molar-refractivity contribution in [2.24, 2.45) is 0 Å². The largest absolute Gasteiger partial charge is 0.228 e. The Bertz CT molecular complexity index is 818. The number of rotatable bonds is 1. The average molecular weight is 291 g/mol. The Morgan fingerprint density at radius 3 is 2.40 bits per heavy atom. The van der Waals surface area contributed by atoms with Crippen LogP contribution >= 0.6 is 11.6 Å². The quantitative estimate of drug-likeness (QED) is 0.615. The summed E-state index contributed by atoms with van der Waals surface area (Å²) in [4.78, 5) is 8.52. The monoisotopic (exact) mass is 290 g/mol. The van der Waals surface area contributed by atoms with Gasteiger partial charge in [-0.25, -0.2) is 18.7 Å². The highest BCUT2D eigenvalue weighted by Crippen LogP contribution is 2.27. The van der Waals surface area contributed by atoms with Gasteiger partial charge in [0, 0.05) is 10.9 Å². The van der Waals surface area contributed by atoms with Crippen molar-refractivity contribution < 1.29 is 8.78 Å². The number of hydrogen-bond acceptors (Lipinski definition) is 2. The highest BCUT2D eigenvalue weighted by atomic mass is 35.5. The third-order valence-corrected chi connectivity index (χ3v) is 3.33. The Labute approximate surface area is 119 Å². The van der Waals surface area contributed by atoms with Crippen molar-refractivity contribution in [2.45, 2.75) is 6.92 Å². The zero-order chi connectivity index (χ0) is 14.3. The fourth-order valence-electron chi connectivity index (χ4n) is 2.06. The third-order valence-electron chi connectivity index (χ3n) is 3.04. The number of nitrogens with zero attached hydrogens (tertiary/aromatic N) is 2. The molecule has 5 heteroatoms. The second kappa shape index (κ2) is 4.80. The van der Waals surface area contributed by atoms with E-state index in [9.17, 15) is 8.78 Å². The average Bonchev–Trinajstić information content (AvgIpc) is 2.39. The van der Waals surface area contributed by atoms with E-state index in [0.717, 1.165) is 0 Å². The van der Waals surface area contributed by atoms with E-state index in [1.165, 1.54) is 24.3 Å². The molecule has 0 aliphatic heterocycles. The van der Waals surface area contributed by atoms with Crippen LogP contribution in [0.2, 0.25) is 5.15 Å². The number of fused-ring (bicyclic) bond motifs is 1. The van der Waals surface area contributed by atoms with Gasteiger partial charge < -0.3 is 0 Å². The zero-order valence-corrected chi connectivity index (χ0v) is 11.2. The topological polar surface area (TPSA) is 25.8 Å². The maximum atomic E-state index is 13.2. The van der Waals surface area contributed by atoms with Crippen LogP contribution in [0.3, 0.4) is 0 Å². The minimum Gasteiger partial charge on any atom is -0.228 e. The number of benzene rings is 2. The molecule has 0 N–H and O–H groups in total. The van der Waals surface area contributed by atoms with Crippen LogP contribution in [0.4, 0.5) is 8.78 Å². The molecule has 0 unspecified atom stereocenters. The summed E-state index contributed by atoms with van der Waals surface area (Å²) in [6.45, 7) is 1.77. The molecule has 3 aromatic rings. The van der Waals surface area contributed by atoms with Crippen LogP contribution in [0, 0.1) is 18.6 Å². The third kappa shape index (κ3) is 2.23. The lowest BCUT2D eigenvalue weighted by molar-refractivity contribution is 0.626. The molecule has 0 aliphatic carbocycles. The lowest BCUT2D eigenvalue weighted by Crippen LogP contribution is -1.95. The lowest BCUT2D eigenvalue weighted by Gasteiger charge is -2.07. The number of hydrogen-bond donors (Lipinski definition) is 0. The lowest BCUT2D eigenvalue weighted by atomic mass is 10.1. The molecule has 0 fully saturated rings. The highest BCUT2D eigenvalue weighted by molar-refractivity contribution is 6.34. The van der Waals surface area contributed by atoms with Gasteiger partial charge in [-0.1, -0.05) is 11.6 Å². The smallest absolute Gasteiger partial charge is 0.161 e. The van der Waals surface area contributed by atoms with Crippen molar-refractivity contribution in [1.82, 2.24) is 9.97 Å². The molecule has 0 spiro atoms. The van der Waals surface area contributed by atoms with Gasteiger partial charge in [0.05, 0.1) is 5.52 Å². The number of halogens is 3. The Morgan fingerprint density at radius 2 is 1.65 bits per heavy atom. The van der Waals surface area contributed by atoms with E-state index in [2.05, 4.69) is 9.97 Å². The molecule has 0 bridgehead atoms. The van der Waals surface area contributed by atoms with Crippen LogP contribution < -0.4 is 0 Å². The Hall–Kier alpha value is -2.07. The van der Waals surface area contributed by atoms with Gasteiger partial charge in [-0.3, -0.25) is 0 Å². The molecule has 0 saturated heterocycles. The summed E-state index contributed by atoms with van der Waals surface area (Å²) in [7, 11) is 0. The van der Waals surface area contributed by atoms with Crippen molar-refractivity contribution in [3.8, 4) is 11.4 Å². The van der Waals surface area contributed by atoms with E-state index in [4.69, 9.17) is 11.6 Å². The predicted octanol–water partition coefficient (Wildman–Crippen LogP) is 4.54. The Morgan fingerprint density at radius 1 is 0.950 bits per heavy atom. The van der Waals surface area contributed by atoms with Gasteiger partial charge in [0.1, 0.15) is 16.8 Å². The molecule has 0 amide bonds. The molecule has 3 rings (SSSR count). The van der Waals surface area contributed by atoms with Crippen LogP contribution in [0.15, 0.2) is 36.4 Å². The normalized spacial score (nSPS) is 11.0. The summed E-state index contributed by atoms with van der Waals surface area (Å²) >= 11 is 6.08. The molecule has 1 aromatic heterocycles. The number of aryl methyl sites for hydroxylation is 1. The summed E-state index contributed by atoms with van der Waals surface area (Å²) in [6, 6.07) is 8.49. The van der Waals surface area contributed by atoms with Gasteiger partial charge >= 0.3 is 0 Å². The maximum Gasteiger partial charge on any atom is 0.161 e. The molecule has 0 saturated carbocycles. The SMILES string of the molecule is Cc1cc(F)ccc1-c1nc(Cl)c2cc(F)ccc2n1. The molecular formula is C15H9ClF2N2. The van der Waals surface area contributed by atoms with Gasteiger partial charge in [0.25, 0.3) is 0 Å². The molecule has 100 valence electrons. The molecule has 20 heavy (non-hydrogen) atoms. The summed E-state index contributed by atoms with van der Waals surface area (Å²) in [5, 5.41) is 0.628. The predicted molar refractivity (Wildman–Crippen MR) is 74.6 cm³/mol. The molecule has 0 radical (unpaired) electrons. The van der Waals surface area contributed by atoms with E-state index in [0.29, 0.717) is 27.9 Å². The molecular weight excluding hydrogens is 282 g/mol. The Balaban J connectivity index is 2.24. The van der Waals surface area contributed by atoms with Crippen LogP contribution in [-0.2, 0) is 0 Å². The maximum absolute atomic E-state index is 13.2.